The monoisotopic (exact) mass is 347 g/mol. The number of fused-ring (bicyclic) bond motifs is 1. The number of aromatic nitrogens is 4. The number of nitrogens with zero attached hydrogens (tertiary/aromatic N) is 4. The predicted octanol–water partition coefficient (Wildman–Crippen LogP) is 4.32. The summed E-state index contributed by atoms with van der Waals surface area (Å²) >= 11 is 0. The summed E-state index contributed by atoms with van der Waals surface area (Å²) in [5.74, 6) is 0.432. The lowest BCUT2D eigenvalue weighted by molar-refractivity contribution is -0.137. The predicted molar refractivity (Wildman–Crippen MR) is 88.9 cm³/mol. The van der Waals surface area contributed by atoms with Crippen molar-refractivity contribution in [1.29, 1.82) is 0 Å². The van der Waals surface area contributed by atoms with E-state index < -0.39 is 11.7 Å². The summed E-state index contributed by atoms with van der Waals surface area (Å²) in [7, 11) is 0. The summed E-state index contributed by atoms with van der Waals surface area (Å²) in [5, 5.41) is 3.91. The zero-order valence-electron chi connectivity index (χ0n) is 13.9. The van der Waals surface area contributed by atoms with Crippen LogP contribution >= 0.6 is 0 Å². The van der Waals surface area contributed by atoms with Crippen LogP contribution in [0.15, 0.2) is 36.9 Å². The van der Waals surface area contributed by atoms with Gasteiger partial charge < -0.3 is 5.32 Å². The fourth-order valence-electron chi connectivity index (χ4n) is 2.37. The molecule has 3 rings (SSSR count). The van der Waals surface area contributed by atoms with Gasteiger partial charge in [-0.3, -0.25) is 9.97 Å². The topological polar surface area (TPSA) is 63.6 Å². The van der Waals surface area contributed by atoms with E-state index in [4.69, 9.17) is 0 Å². The van der Waals surface area contributed by atoms with Crippen molar-refractivity contribution in [3.8, 4) is 11.4 Å². The highest BCUT2D eigenvalue weighted by Gasteiger charge is 2.35. The molecule has 0 amide bonds. The lowest BCUT2D eigenvalue weighted by atomic mass is 10.1. The Labute approximate surface area is 142 Å². The van der Waals surface area contributed by atoms with Crippen molar-refractivity contribution in [2.24, 2.45) is 0 Å². The second-order valence-corrected chi connectivity index (χ2v) is 6.58. The number of nitrogens with one attached hydrogen (secondary N) is 1. The van der Waals surface area contributed by atoms with Crippen LogP contribution in [0.25, 0.3) is 22.3 Å². The molecule has 3 heterocycles. The Hall–Kier alpha value is -2.77. The molecule has 8 heteroatoms. The third kappa shape index (κ3) is 3.67. The molecule has 25 heavy (non-hydrogen) atoms. The number of pyridine rings is 2. The molecule has 5 nitrogen and oxygen atoms in total. The van der Waals surface area contributed by atoms with E-state index >= 15 is 0 Å². The molecular weight excluding hydrogens is 331 g/mol. The van der Waals surface area contributed by atoms with Crippen molar-refractivity contribution in [1.82, 2.24) is 19.9 Å². The average Bonchev–Trinajstić information content (AvgIpc) is 2.52. The van der Waals surface area contributed by atoms with Gasteiger partial charge in [-0.25, -0.2) is 9.97 Å². The van der Waals surface area contributed by atoms with Gasteiger partial charge in [0.25, 0.3) is 0 Å². The van der Waals surface area contributed by atoms with Crippen LogP contribution in [-0.4, -0.2) is 25.5 Å². The number of anilines is 1. The fraction of sp³-hybridized carbons (Fsp3) is 0.294. The molecule has 3 aromatic rings. The summed E-state index contributed by atoms with van der Waals surface area (Å²) in [6, 6.07) is 2.99. The van der Waals surface area contributed by atoms with Crippen LogP contribution in [0.2, 0.25) is 0 Å². The van der Waals surface area contributed by atoms with Crippen LogP contribution in [0.3, 0.4) is 0 Å². The summed E-state index contributed by atoms with van der Waals surface area (Å²) < 4.78 is 39.9. The van der Waals surface area contributed by atoms with E-state index in [0.29, 0.717) is 16.7 Å². The molecule has 0 radical (unpaired) electrons. The van der Waals surface area contributed by atoms with E-state index in [1.54, 1.807) is 12.3 Å². The molecule has 0 aromatic carbocycles. The highest BCUT2D eigenvalue weighted by Crippen LogP contribution is 2.36. The molecule has 0 aliphatic carbocycles. The number of hydrogen-bond donors (Lipinski definition) is 1. The van der Waals surface area contributed by atoms with Crippen molar-refractivity contribution in [2.45, 2.75) is 32.5 Å². The van der Waals surface area contributed by atoms with E-state index in [1.165, 1.54) is 18.5 Å². The minimum absolute atomic E-state index is 0.0259. The molecule has 1 N–H and O–H groups in total. The maximum Gasteiger partial charge on any atom is 0.418 e. The lowest BCUT2D eigenvalue weighted by Crippen LogP contribution is -2.27. The van der Waals surface area contributed by atoms with E-state index in [0.717, 1.165) is 6.20 Å². The van der Waals surface area contributed by atoms with Gasteiger partial charge in [-0.05, 0) is 32.9 Å². The smallest absolute Gasteiger partial charge is 0.365 e. The van der Waals surface area contributed by atoms with Crippen LogP contribution < -0.4 is 5.32 Å². The van der Waals surface area contributed by atoms with Crippen LogP contribution in [0.5, 0.6) is 0 Å². The number of rotatable bonds is 2. The SMILES string of the molecule is CC(C)(C)Nc1nc(-c2ccncc2C(F)(F)F)nc2cnccc12. The third-order valence-corrected chi connectivity index (χ3v) is 3.36. The van der Waals surface area contributed by atoms with Gasteiger partial charge in [0.15, 0.2) is 5.82 Å². The van der Waals surface area contributed by atoms with Gasteiger partial charge in [0.05, 0.1) is 17.3 Å². The highest BCUT2D eigenvalue weighted by molar-refractivity contribution is 5.90. The quantitative estimate of drug-likeness (QED) is 0.748. The van der Waals surface area contributed by atoms with E-state index in [2.05, 4.69) is 25.3 Å². The van der Waals surface area contributed by atoms with Gasteiger partial charge in [-0.2, -0.15) is 13.2 Å². The standard InChI is InChI=1S/C17H16F3N5/c1-16(2,3)25-15-11-5-7-22-9-13(11)23-14(24-15)10-4-6-21-8-12(10)17(18,19)20/h4-9H,1-3H3,(H,23,24,25). The zero-order chi connectivity index (χ0) is 18.2. The largest absolute Gasteiger partial charge is 0.418 e. The van der Waals surface area contributed by atoms with Gasteiger partial charge in [0, 0.05) is 35.1 Å². The molecule has 0 saturated carbocycles. The second kappa shape index (κ2) is 5.94. The summed E-state index contributed by atoms with van der Waals surface area (Å²) in [4.78, 5) is 16.2. The number of alkyl halides is 3. The molecule has 0 unspecified atom stereocenters. The maximum atomic E-state index is 13.3. The highest BCUT2D eigenvalue weighted by atomic mass is 19.4. The Balaban J connectivity index is 2.25. The first-order chi connectivity index (χ1) is 11.6. The lowest BCUT2D eigenvalue weighted by Gasteiger charge is -2.23. The van der Waals surface area contributed by atoms with Crippen molar-refractivity contribution in [2.75, 3.05) is 5.32 Å². The molecule has 0 atom stereocenters. The van der Waals surface area contributed by atoms with E-state index in [1.807, 2.05) is 20.8 Å². The van der Waals surface area contributed by atoms with Crippen molar-refractivity contribution < 1.29 is 13.2 Å². The van der Waals surface area contributed by atoms with Gasteiger partial charge >= 0.3 is 6.18 Å². The van der Waals surface area contributed by atoms with Gasteiger partial charge in [0.2, 0.25) is 0 Å². The average molecular weight is 347 g/mol. The Morgan fingerprint density at radius 3 is 2.28 bits per heavy atom. The molecular formula is C17H16F3N5. The number of hydrogen-bond acceptors (Lipinski definition) is 5. The van der Waals surface area contributed by atoms with Crippen LogP contribution in [0.1, 0.15) is 26.3 Å². The van der Waals surface area contributed by atoms with Crippen LogP contribution in [0, 0.1) is 0 Å². The van der Waals surface area contributed by atoms with Crippen molar-refractivity contribution in [3.05, 3.63) is 42.5 Å². The Morgan fingerprint density at radius 1 is 0.920 bits per heavy atom. The molecule has 0 saturated heterocycles. The van der Waals surface area contributed by atoms with Crippen molar-refractivity contribution >= 4 is 16.7 Å². The Kier molecular flexibility index (Phi) is 4.06. The fourth-order valence-corrected chi connectivity index (χ4v) is 2.37. The summed E-state index contributed by atoms with van der Waals surface area (Å²) in [6.45, 7) is 5.82. The minimum Gasteiger partial charge on any atom is -0.365 e. The van der Waals surface area contributed by atoms with E-state index in [9.17, 15) is 13.2 Å². The molecule has 0 spiro atoms. The van der Waals surface area contributed by atoms with Crippen molar-refractivity contribution in [3.63, 3.8) is 0 Å². The first kappa shape index (κ1) is 17.1. The van der Waals surface area contributed by atoms with E-state index in [-0.39, 0.29) is 16.9 Å². The Bertz CT molecular complexity index is 916. The molecule has 0 aliphatic rings. The Morgan fingerprint density at radius 2 is 1.60 bits per heavy atom. The molecule has 130 valence electrons. The first-order valence-electron chi connectivity index (χ1n) is 7.57. The van der Waals surface area contributed by atoms with Gasteiger partial charge in [-0.15, -0.1) is 0 Å². The molecule has 0 bridgehead atoms. The van der Waals surface area contributed by atoms with Crippen LogP contribution in [0.4, 0.5) is 19.0 Å². The van der Waals surface area contributed by atoms with Crippen LogP contribution in [-0.2, 0) is 6.18 Å². The second-order valence-electron chi connectivity index (χ2n) is 6.58. The zero-order valence-corrected chi connectivity index (χ0v) is 13.9. The normalized spacial score (nSPS) is 12.4. The maximum absolute atomic E-state index is 13.3. The van der Waals surface area contributed by atoms with Gasteiger partial charge in [0.1, 0.15) is 5.82 Å². The van der Waals surface area contributed by atoms with Gasteiger partial charge in [-0.1, -0.05) is 0 Å². The molecule has 0 aliphatic heterocycles. The third-order valence-electron chi connectivity index (χ3n) is 3.36. The number of halogens is 3. The minimum atomic E-state index is -4.55. The summed E-state index contributed by atoms with van der Waals surface area (Å²) in [5.41, 5.74) is -0.859. The summed E-state index contributed by atoms with van der Waals surface area (Å²) in [6.07, 6.45) is 0.616. The molecule has 3 aromatic heterocycles. The first-order valence-corrected chi connectivity index (χ1v) is 7.57. The molecule has 0 fully saturated rings.